The van der Waals surface area contributed by atoms with Gasteiger partial charge in [-0.3, -0.25) is 10.1 Å². The van der Waals surface area contributed by atoms with Gasteiger partial charge in [-0.25, -0.2) is 4.98 Å². The Morgan fingerprint density at radius 1 is 1.45 bits per heavy atom. The normalized spacial score (nSPS) is 15.7. The first kappa shape index (κ1) is 14.9. The number of pyridine rings is 1. The highest BCUT2D eigenvalue weighted by atomic mass is 32.2. The van der Waals surface area contributed by atoms with Gasteiger partial charge >= 0.3 is 5.69 Å². The Morgan fingerprint density at radius 3 is 2.75 bits per heavy atom. The molecule has 0 amide bonds. The second-order valence-corrected chi connectivity index (χ2v) is 6.26. The van der Waals surface area contributed by atoms with Crippen LogP contribution in [0.1, 0.15) is 26.2 Å². The molecule has 0 aromatic carbocycles. The molecule has 1 aliphatic rings. The van der Waals surface area contributed by atoms with E-state index in [1.165, 1.54) is 6.07 Å². The fourth-order valence-electron chi connectivity index (χ4n) is 1.92. The lowest BCUT2D eigenvalue weighted by Crippen LogP contribution is -2.19. The lowest BCUT2D eigenvalue weighted by molar-refractivity contribution is -0.384. The van der Waals surface area contributed by atoms with Crippen LogP contribution in [0, 0.1) is 10.1 Å². The zero-order valence-corrected chi connectivity index (χ0v) is 12.6. The molecule has 2 N–H and O–H groups in total. The van der Waals surface area contributed by atoms with Crippen molar-refractivity contribution in [3.8, 4) is 0 Å². The highest BCUT2D eigenvalue weighted by Gasteiger charge is 2.42. The van der Waals surface area contributed by atoms with Crippen molar-refractivity contribution in [2.75, 3.05) is 30.0 Å². The number of rotatable bonds is 8. The van der Waals surface area contributed by atoms with Crippen molar-refractivity contribution in [1.29, 1.82) is 0 Å². The molecule has 0 radical (unpaired) electrons. The van der Waals surface area contributed by atoms with Crippen LogP contribution in [0.3, 0.4) is 0 Å². The molecule has 1 aliphatic carbocycles. The van der Waals surface area contributed by atoms with Crippen molar-refractivity contribution in [3.63, 3.8) is 0 Å². The minimum Gasteiger partial charge on any atom is -0.370 e. The van der Waals surface area contributed by atoms with E-state index >= 15 is 0 Å². The summed E-state index contributed by atoms with van der Waals surface area (Å²) in [6, 6.07) is 3.16. The summed E-state index contributed by atoms with van der Waals surface area (Å²) in [6.45, 7) is 3.59. The SMILES string of the molecule is CCCNc1ccc([N+](=O)[O-])c(NCC2(SC)CC2)n1. The van der Waals surface area contributed by atoms with Gasteiger partial charge in [-0.15, -0.1) is 0 Å². The van der Waals surface area contributed by atoms with E-state index < -0.39 is 4.92 Å². The maximum absolute atomic E-state index is 11.1. The fraction of sp³-hybridized carbons (Fsp3) is 0.615. The molecular formula is C13H20N4O2S. The van der Waals surface area contributed by atoms with E-state index in [1.807, 2.05) is 11.8 Å². The summed E-state index contributed by atoms with van der Waals surface area (Å²) >= 11 is 1.81. The monoisotopic (exact) mass is 296 g/mol. The number of nitrogens with one attached hydrogen (secondary N) is 2. The maximum atomic E-state index is 11.1. The number of hydrogen-bond acceptors (Lipinski definition) is 6. The molecule has 0 spiro atoms. The molecule has 0 unspecified atom stereocenters. The Bertz CT molecular complexity index is 491. The molecule has 0 saturated heterocycles. The van der Waals surface area contributed by atoms with Crippen molar-refractivity contribution in [3.05, 3.63) is 22.2 Å². The Kier molecular flexibility index (Phi) is 4.69. The molecule has 1 saturated carbocycles. The van der Waals surface area contributed by atoms with E-state index in [1.54, 1.807) is 6.07 Å². The van der Waals surface area contributed by atoms with Gasteiger partial charge in [0.25, 0.3) is 0 Å². The van der Waals surface area contributed by atoms with Crippen LogP contribution in [0.4, 0.5) is 17.3 Å². The zero-order valence-electron chi connectivity index (χ0n) is 11.8. The molecule has 0 aliphatic heterocycles. The third kappa shape index (κ3) is 3.53. The summed E-state index contributed by atoms with van der Waals surface area (Å²) < 4.78 is 0.238. The van der Waals surface area contributed by atoms with Crippen molar-refractivity contribution < 1.29 is 4.92 Å². The van der Waals surface area contributed by atoms with Gasteiger partial charge < -0.3 is 10.6 Å². The zero-order chi connectivity index (χ0) is 14.6. The molecule has 2 rings (SSSR count). The molecule has 110 valence electrons. The molecule has 0 atom stereocenters. The second-order valence-electron chi connectivity index (χ2n) is 4.99. The second kappa shape index (κ2) is 6.30. The lowest BCUT2D eigenvalue weighted by Gasteiger charge is -2.14. The average molecular weight is 296 g/mol. The first-order valence-corrected chi connectivity index (χ1v) is 8.01. The predicted octanol–water partition coefficient (Wildman–Crippen LogP) is 3.12. The summed E-state index contributed by atoms with van der Waals surface area (Å²) in [6.07, 6.45) is 5.37. The number of nitro groups is 1. The van der Waals surface area contributed by atoms with Crippen LogP contribution >= 0.6 is 11.8 Å². The number of hydrogen-bond donors (Lipinski definition) is 2. The molecular weight excluding hydrogens is 276 g/mol. The van der Waals surface area contributed by atoms with Gasteiger partial charge in [0.05, 0.1) is 4.92 Å². The Hall–Kier alpha value is -1.50. The first-order valence-electron chi connectivity index (χ1n) is 6.78. The number of nitrogens with zero attached hydrogens (tertiary/aromatic N) is 2. The predicted molar refractivity (Wildman–Crippen MR) is 83.6 cm³/mol. The van der Waals surface area contributed by atoms with Gasteiger partial charge in [0, 0.05) is 23.9 Å². The quantitative estimate of drug-likeness (QED) is 0.567. The van der Waals surface area contributed by atoms with Crippen molar-refractivity contribution >= 4 is 29.1 Å². The van der Waals surface area contributed by atoms with Crippen molar-refractivity contribution in [1.82, 2.24) is 4.98 Å². The Balaban J connectivity index is 2.11. The Morgan fingerprint density at radius 2 is 2.20 bits per heavy atom. The van der Waals surface area contributed by atoms with Gasteiger partial charge in [0.2, 0.25) is 5.82 Å². The lowest BCUT2D eigenvalue weighted by atomic mass is 10.3. The van der Waals surface area contributed by atoms with Gasteiger partial charge in [0.1, 0.15) is 5.82 Å². The van der Waals surface area contributed by atoms with Gasteiger partial charge in [-0.1, -0.05) is 6.92 Å². The van der Waals surface area contributed by atoms with E-state index in [2.05, 4.69) is 28.8 Å². The van der Waals surface area contributed by atoms with Crippen LogP contribution in [0.2, 0.25) is 0 Å². The number of thioether (sulfide) groups is 1. The summed E-state index contributed by atoms with van der Waals surface area (Å²) in [5.41, 5.74) is 0.0314. The topological polar surface area (TPSA) is 80.1 Å². The molecule has 6 nitrogen and oxygen atoms in total. The van der Waals surface area contributed by atoms with Crippen LogP contribution in [0.25, 0.3) is 0 Å². The van der Waals surface area contributed by atoms with Crippen molar-refractivity contribution in [2.45, 2.75) is 30.9 Å². The minimum atomic E-state index is -0.391. The van der Waals surface area contributed by atoms with Gasteiger partial charge in [-0.05, 0) is 31.6 Å². The van der Waals surface area contributed by atoms with Crippen LogP contribution < -0.4 is 10.6 Å². The molecule has 0 bridgehead atoms. The van der Waals surface area contributed by atoms with E-state index in [0.29, 0.717) is 11.6 Å². The minimum absolute atomic E-state index is 0.0314. The van der Waals surface area contributed by atoms with Crippen molar-refractivity contribution in [2.24, 2.45) is 0 Å². The molecule has 20 heavy (non-hydrogen) atoms. The molecule has 1 fully saturated rings. The van der Waals surface area contributed by atoms with Gasteiger partial charge in [-0.2, -0.15) is 11.8 Å². The van der Waals surface area contributed by atoms with Crippen LogP contribution in [-0.4, -0.2) is 34.0 Å². The molecule has 1 heterocycles. The summed E-state index contributed by atoms with van der Waals surface area (Å²) in [5.74, 6) is 1.03. The largest absolute Gasteiger partial charge is 0.370 e. The van der Waals surface area contributed by atoms with E-state index in [9.17, 15) is 10.1 Å². The first-order chi connectivity index (χ1) is 9.60. The maximum Gasteiger partial charge on any atom is 0.311 e. The summed E-state index contributed by atoms with van der Waals surface area (Å²) in [4.78, 5) is 15.0. The Labute approximate surface area is 122 Å². The van der Waals surface area contributed by atoms with E-state index in [4.69, 9.17) is 0 Å². The highest BCUT2D eigenvalue weighted by Crippen LogP contribution is 2.47. The molecule has 7 heteroatoms. The summed E-state index contributed by atoms with van der Waals surface area (Å²) in [5, 5.41) is 17.4. The molecule has 1 aromatic rings. The number of aromatic nitrogens is 1. The molecule has 1 aromatic heterocycles. The van der Waals surface area contributed by atoms with Crippen LogP contribution in [-0.2, 0) is 0 Å². The third-order valence-electron chi connectivity index (χ3n) is 3.45. The standard InChI is InChI=1S/C13H20N4O2S/c1-3-8-14-11-5-4-10(17(18)19)12(16-11)15-9-13(20-2)6-7-13/h4-5H,3,6-9H2,1-2H3,(H2,14,15,16). The van der Waals surface area contributed by atoms with Crippen LogP contribution in [0.5, 0.6) is 0 Å². The number of anilines is 2. The highest BCUT2D eigenvalue weighted by molar-refractivity contribution is 8.00. The summed E-state index contributed by atoms with van der Waals surface area (Å²) in [7, 11) is 0. The van der Waals surface area contributed by atoms with Crippen LogP contribution in [0.15, 0.2) is 12.1 Å². The van der Waals surface area contributed by atoms with E-state index in [-0.39, 0.29) is 10.4 Å². The smallest absolute Gasteiger partial charge is 0.311 e. The third-order valence-corrected chi connectivity index (χ3v) is 4.86. The fourth-order valence-corrected chi connectivity index (χ4v) is 2.64. The van der Waals surface area contributed by atoms with E-state index in [0.717, 1.165) is 32.4 Å². The van der Waals surface area contributed by atoms with Gasteiger partial charge in [0.15, 0.2) is 0 Å². The average Bonchev–Trinajstić information content (AvgIpc) is 3.23.